The Morgan fingerprint density at radius 1 is 1.75 bits per heavy atom. The van der Waals surface area contributed by atoms with Crippen molar-refractivity contribution in [3.8, 4) is 0 Å². The zero-order chi connectivity index (χ0) is 6.41. The number of nitrogens with two attached hydrogens (primary N) is 1. The van der Waals surface area contributed by atoms with Crippen LogP contribution in [-0.4, -0.2) is 10.9 Å². The SMILES string of the molecule is CCCSSC(=N)N. The van der Waals surface area contributed by atoms with Crippen LogP contribution in [0.4, 0.5) is 0 Å². The summed E-state index contributed by atoms with van der Waals surface area (Å²) in [5.41, 5.74) is 5.06. The molecule has 0 aromatic heterocycles. The van der Waals surface area contributed by atoms with Crippen molar-refractivity contribution in [1.29, 1.82) is 5.41 Å². The first-order valence-corrected chi connectivity index (χ1v) is 4.72. The third-order valence-corrected chi connectivity index (χ3v) is 2.70. The highest BCUT2D eigenvalue weighted by atomic mass is 33.1. The minimum atomic E-state index is 0.198. The molecule has 0 aromatic carbocycles. The lowest BCUT2D eigenvalue weighted by molar-refractivity contribution is 1.11. The van der Waals surface area contributed by atoms with Crippen molar-refractivity contribution in [2.24, 2.45) is 5.73 Å². The first-order chi connectivity index (χ1) is 3.77. The second kappa shape index (κ2) is 5.31. The van der Waals surface area contributed by atoms with E-state index in [1.54, 1.807) is 10.8 Å². The van der Waals surface area contributed by atoms with Gasteiger partial charge in [-0.05, 0) is 17.2 Å². The highest BCUT2D eigenvalue weighted by molar-refractivity contribution is 8.82. The first kappa shape index (κ1) is 8.17. The van der Waals surface area contributed by atoms with Crippen LogP contribution in [0.15, 0.2) is 0 Å². The molecule has 0 atom stereocenters. The molecule has 0 fully saturated rings. The van der Waals surface area contributed by atoms with Gasteiger partial charge in [-0.1, -0.05) is 17.7 Å². The fraction of sp³-hybridized carbons (Fsp3) is 0.750. The van der Waals surface area contributed by atoms with Gasteiger partial charge in [0.25, 0.3) is 0 Å². The molecule has 0 rings (SSSR count). The van der Waals surface area contributed by atoms with Crippen molar-refractivity contribution in [2.45, 2.75) is 13.3 Å². The van der Waals surface area contributed by atoms with Gasteiger partial charge in [0.2, 0.25) is 0 Å². The van der Waals surface area contributed by atoms with Gasteiger partial charge < -0.3 is 5.73 Å². The van der Waals surface area contributed by atoms with Crippen LogP contribution in [0.3, 0.4) is 0 Å². The first-order valence-electron chi connectivity index (χ1n) is 2.41. The standard InChI is InChI=1S/C4H10N2S2/c1-2-3-7-8-4(5)6/h2-3H2,1H3,(H3,5,6). The summed E-state index contributed by atoms with van der Waals surface area (Å²) < 4.78 is 0. The molecule has 8 heavy (non-hydrogen) atoms. The van der Waals surface area contributed by atoms with E-state index in [1.807, 2.05) is 0 Å². The zero-order valence-electron chi connectivity index (χ0n) is 4.81. The zero-order valence-corrected chi connectivity index (χ0v) is 6.44. The maximum atomic E-state index is 6.79. The molecule has 0 aliphatic rings. The Balaban J connectivity index is 2.82. The molecule has 2 nitrogen and oxygen atoms in total. The summed E-state index contributed by atoms with van der Waals surface area (Å²) in [4.78, 5) is 0. The smallest absolute Gasteiger partial charge is 0.161 e. The molecule has 48 valence electrons. The summed E-state index contributed by atoms with van der Waals surface area (Å²) in [6.07, 6.45) is 1.14. The number of rotatable bonds is 3. The predicted molar refractivity (Wildman–Crippen MR) is 42.3 cm³/mol. The largest absolute Gasteiger partial charge is 0.378 e. The summed E-state index contributed by atoms with van der Waals surface area (Å²) in [5.74, 6) is 1.07. The van der Waals surface area contributed by atoms with Gasteiger partial charge in [0.05, 0.1) is 0 Å². The Labute approximate surface area is 57.5 Å². The van der Waals surface area contributed by atoms with Crippen LogP contribution >= 0.6 is 21.6 Å². The molecule has 0 bridgehead atoms. The molecular weight excluding hydrogens is 140 g/mol. The van der Waals surface area contributed by atoms with Gasteiger partial charge in [-0.15, -0.1) is 0 Å². The van der Waals surface area contributed by atoms with Crippen LogP contribution in [0, 0.1) is 5.41 Å². The molecule has 0 heterocycles. The van der Waals surface area contributed by atoms with Crippen molar-refractivity contribution in [1.82, 2.24) is 0 Å². The Morgan fingerprint density at radius 3 is 2.75 bits per heavy atom. The Morgan fingerprint density at radius 2 is 2.38 bits per heavy atom. The Bertz CT molecular complexity index is 74.4. The third-order valence-electron chi connectivity index (χ3n) is 0.436. The molecule has 0 saturated carbocycles. The third kappa shape index (κ3) is 6.17. The van der Waals surface area contributed by atoms with Crippen LogP contribution in [0.5, 0.6) is 0 Å². The monoisotopic (exact) mass is 150 g/mol. The maximum absolute atomic E-state index is 6.79. The number of nitrogens with one attached hydrogen (secondary N) is 1. The average molecular weight is 150 g/mol. The molecule has 0 unspecified atom stereocenters. The van der Waals surface area contributed by atoms with E-state index < -0.39 is 0 Å². The van der Waals surface area contributed by atoms with Crippen LogP contribution in [0.25, 0.3) is 0 Å². The molecule has 4 heteroatoms. The maximum Gasteiger partial charge on any atom is 0.161 e. The van der Waals surface area contributed by atoms with E-state index in [4.69, 9.17) is 11.1 Å². The summed E-state index contributed by atoms with van der Waals surface area (Å²) >= 11 is 0. The quantitative estimate of drug-likeness (QED) is 0.278. The molecule has 0 radical (unpaired) electrons. The normalized spacial score (nSPS) is 9.12. The minimum absolute atomic E-state index is 0.198. The lowest BCUT2D eigenvalue weighted by Gasteiger charge is -1.92. The van der Waals surface area contributed by atoms with Gasteiger partial charge in [-0.3, -0.25) is 5.41 Å². The number of hydrogen-bond donors (Lipinski definition) is 2. The molecule has 0 saturated heterocycles. The average Bonchev–Trinajstić information content (AvgIpc) is 1.66. The fourth-order valence-electron chi connectivity index (χ4n) is 0.188. The molecule has 0 spiro atoms. The summed E-state index contributed by atoms with van der Waals surface area (Å²) in [6, 6.07) is 0. The molecule has 0 aliphatic carbocycles. The second-order valence-electron chi connectivity index (χ2n) is 1.27. The molecule has 0 aromatic rings. The van der Waals surface area contributed by atoms with Crippen molar-refractivity contribution in [3.63, 3.8) is 0 Å². The van der Waals surface area contributed by atoms with E-state index in [2.05, 4.69) is 6.92 Å². The van der Waals surface area contributed by atoms with Gasteiger partial charge in [-0.2, -0.15) is 0 Å². The van der Waals surface area contributed by atoms with Crippen molar-refractivity contribution in [3.05, 3.63) is 0 Å². The van der Waals surface area contributed by atoms with Crippen LogP contribution in [0.2, 0.25) is 0 Å². The lowest BCUT2D eigenvalue weighted by atomic mass is 10.6. The van der Waals surface area contributed by atoms with E-state index in [1.165, 1.54) is 10.8 Å². The highest BCUT2D eigenvalue weighted by Crippen LogP contribution is 2.20. The molecule has 0 amide bonds. The topological polar surface area (TPSA) is 49.9 Å². The van der Waals surface area contributed by atoms with Gasteiger partial charge >= 0.3 is 0 Å². The van der Waals surface area contributed by atoms with Gasteiger partial charge in [0.15, 0.2) is 5.17 Å². The van der Waals surface area contributed by atoms with Crippen LogP contribution in [-0.2, 0) is 0 Å². The van der Waals surface area contributed by atoms with Gasteiger partial charge in [0.1, 0.15) is 0 Å². The summed E-state index contributed by atoms with van der Waals surface area (Å²) in [5, 5.41) is 6.99. The predicted octanol–water partition coefficient (Wildman–Crippen LogP) is 1.67. The number of amidine groups is 1. The minimum Gasteiger partial charge on any atom is -0.378 e. The lowest BCUT2D eigenvalue weighted by Crippen LogP contribution is -2.00. The van der Waals surface area contributed by atoms with E-state index in [-0.39, 0.29) is 5.17 Å². The van der Waals surface area contributed by atoms with E-state index >= 15 is 0 Å². The fourth-order valence-corrected chi connectivity index (χ4v) is 1.70. The molecule has 3 N–H and O–H groups in total. The molecule has 0 aliphatic heterocycles. The van der Waals surface area contributed by atoms with Crippen LogP contribution in [0.1, 0.15) is 13.3 Å². The van der Waals surface area contributed by atoms with Crippen molar-refractivity contribution in [2.75, 3.05) is 5.75 Å². The van der Waals surface area contributed by atoms with Crippen molar-refractivity contribution < 1.29 is 0 Å². The second-order valence-corrected chi connectivity index (χ2v) is 3.73. The Hall–Kier alpha value is 0.170. The summed E-state index contributed by atoms with van der Waals surface area (Å²) in [6.45, 7) is 2.10. The number of hydrogen-bond acceptors (Lipinski definition) is 3. The van der Waals surface area contributed by atoms with E-state index in [0.29, 0.717) is 0 Å². The van der Waals surface area contributed by atoms with E-state index in [9.17, 15) is 0 Å². The van der Waals surface area contributed by atoms with E-state index in [0.717, 1.165) is 12.2 Å². The summed E-state index contributed by atoms with van der Waals surface area (Å²) in [7, 11) is 2.96. The van der Waals surface area contributed by atoms with Gasteiger partial charge in [0, 0.05) is 5.75 Å². The van der Waals surface area contributed by atoms with Gasteiger partial charge in [-0.25, -0.2) is 0 Å². The van der Waals surface area contributed by atoms with Crippen molar-refractivity contribution >= 4 is 26.8 Å². The highest BCUT2D eigenvalue weighted by Gasteiger charge is 1.87. The Kier molecular flexibility index (Phi) is 5.42. The van der Waals surface area contributed by atoms with Crippen LogP contribution < -0.4 is 5.73 Å². The molecular formula is C4H10N2S2.